The fourth-order valence-corrected chi connectivity index (χ4v) is 9.93. The van der Waals surface area contributed by atoms with Crippen molar-refractivity contribution in [2.45, 2.75) is 76.8 Å². The van der Waals surface area contributed by atoms with Crippen molar-refractivity contribution in [3.63, 3.8) is 0 Å². The number of nitrogens with one attached hydrogen (secondary N) is 9. The van der Waals surface area contributed by atoms with E-state index in [1.54, 1.807) is 33.8 Å². The molecule has 91 heavy (non-hydrogen) atoms. The fourth-order valence-electron chi connectivity index (χ4n) is 9.93. The first-order valence-corrected chi connectivity index (χ1v) is 30.8. The number of hydrogen-bond donors (Lipinski definition) is 14. The monoisotopic (exact) mass is 1270 g/mol. The summed E-state index contributed by atoms with van der Waals surface area (Å²) in [7, 11) is 0. The molecular formula is C62H89N15O14. The summed E-state index contributed by atoms with van der Waals surface area (Å²) in [5, 5.41) is 64.1. The van der Waals surface area contributed by atoms with Crippen LogP contribution in [0.3, 0.4) is 0 Å². The van der Waals surface area contributed by atoms with Gasteiger partial charge in [-0.15, -0.1) is 0 Å². The number of carboxylic acid groups (broad SMARTS) is 3. The van der Waals surface area contributed by atoms with E-state index < -0.39 is 58.6 Å². The van der Waals surface area contributed by atoms with Crippen molar-refractivity contribution in [2.75, 3.05) is 140 Å². The molecule has 29 nitrogen and oxygen atoms in total. The highest BCUT2D eigenvalue weighted by molar-refractivity contribution is 5.95. The standard InChI is InChI=1S/C62H89N15O14/c1-2-49(79)66-28-29-70-62(91)73-61(63)69-25-10-14-48(59(89)71-38-43-15-21-47(78)22-16-43)72-60(90)54(44-12-6-5-7-13-44)45-17-19-46(20-18-45)64-26-11-27-68-56-55(57(87)58(56)88)67-24-9-4-3-8-23-65-50(80)39-74-30-32-75(40-51(81)82)34-36-77(42-53(85)86)37-35-76(33-31-74)41-52(83)84/h5-7,12-13,15-22,48,54,64,67-68,78H,2-4,8-11,14,23-42H2,1H3,(H,65,80)(H,66,79)(H,71,89)(H,72,90)(H,81,82)(H,83,84)(H,85,86)(H4,63,69,70,73,91)/t48-,54?/m1/s1. The number of carbonyl (C=O) groups excluding carboxylic acids is 5. The molecule has 0 spiro atoms. The van der Waals surface area contributed by atoms with Gasteiger partial charge < -0.3 is 68.7 Å². The number of phenols is 1. The van der Waals surface area contributed by atoms with Gasteiger partial charge in [0.15, 0.2) is 5.96 Å². The molecule has 1 aliphatic heterocycles. The lowest BCUT2D eigenvalue weighted by molar-refractivity contribution is -0.140. The van der Waals surface area contributed by atoms with E-state index in [4.69, 9.17) is 5.73 Å². The maximum absolute atomic E-state index is 14.4. The zero-order valence-electron chi connectivity index (χ0n) is 51.6. The van der Waals surface area contributed by atoms with E-state index in [1.807, 2.05) is 59.5 Å². The number of rotatable bonds is 37. The Labute approximate surface area is 528 Å². The van der Waals surface area contributed by atoms with Crippen molar-refractivity contribution in [3.8, 4) is 5.75 Å². The van der Waals surface area contributed by atoms with Crippen LogP contribution in [-0.4, -0.2) is 224 Å². The highest BCUT2D eigenvalue weighted by Gasteiger charge is 2.29. The molecule has 496 valence electrons. The van der Waals surface area contributed by atoms with Gasteiger partial charge in [0.25, 0.3) is 10.9 Å². The molecule has 1 unspecified atom stereocenters. The van der Waals surface area contributed by atoms with Crippen LogP contribution in [0.25, 0.3) is 0 Å². The third kappa shape index (κ3) is 27.6. The number of carboxylic acids is 3. The third-order valence-corrected chi connectivity index (χ3v) is 14.9. The van der Waals surface area contributed by atoms with Crippen LogP contribution in [0.15, 0.2) is 93.4 Å². The smallest absolute Gasteiger partial charge is 0.321 e. The number of carbonyl (C=O) groups is 8. The topological polar surface area (TPSA) is 411 Å². The summed E-state index contributed by atoms with van der Waals surface area (Å²) in [4.78, 5) is 136. The Bertz CT molecular complexity index is 3040. The molecule has 1 fully saturated rings. The average molecular weight is 1270 g/mol. The van der Waals surface area contributed by atoms with E-state index in [1.165, 1.54) is 12.1 Å². The number of nitrogens with zero attached hydrogens (tertiary/aromatic N) is 5. The van der Waals surface area contributed by atoms with Gasteiger partial charge in [-0.05, 0) is 73.1 Å². The van der Waals surface area contributed by atoms with Crippen LogP contribution in [0.2, 0.25) is 0 Å². The minimum Gasteiger partial charge on any atom is -0.508 e. The number of benzene rings is 3. The summed E-state index contributed by atoms with van der Waals surface area (Å²) >= 11 is 0. The molecule has 0 radical (unpaired) electrons. The first-order valence-electron chi connectivity index (χ1n) is 30.8. The number of phenolic OH excluding ortho intramolecular Hbond substituents is 1. The normalized spacial score (nSPS) is 14.5. The van der Waals surface area contributed by atoms with Crippen molar-refractivity contribution >= 4 is 70.6 Å². The average Bonchev–Trinajstić information content (AvgIpc) is 1.92. The summed E-state index contributed by atoms with van der Waals surface area (Å²) in [6, 6.07) is 21.2. The SMILES string of the molecule is CCC(=O)NCCNC(=O)NC(N)=NCCC[C@@H](NC(=O)C(c1ccccc1)c1ccc(NCCCNc2c(NCCCCCCNC(=O)CN3CCN(CC(=O)O)CCN(CC(=O)O)CCN(CC(=O)O)CC3)c(=O)c2=O)cc1)C(=O)NCc1ccc(O)cc1. The predicted molar refractivity (Wildman–Crippen MR) is 344 cm³/mol. The van der Waals surface area contributed by atoms with Crippen molar-refractivity contribution < 1.29 is 58.8 Å². The van der Waals surface area contributed by atoms with E-state index in [0.29, 0.717) is 95.6 Å². The van der Waals surface area contributed by atoms with Gasteiger partial charge in [-0.1, -0.05) is 74.4 Å². The summed E-state index contributed by atoms with van der Waals surface area (Å²) in [5.41, 5.74) is 8.09. The molecule has 0 saturated carbocycles. The van der Waals surface area contributed by atoms with E-state index >= 15 is 0 Å². The number of nitrogens with two attached hydrogens (primary N) is 1. The van der Waals surface area contributed by atoms with Gasteiger partial charge in [0, 0.05) is 117 Å². The molecule has 1 aliphatic rings. The molecule has 0 bridgehead atoms. The Morgan fingerprint density at radius 2 is 1.02 bits per heavy atom. The molecule has 0 aromatic heterocycles. The summed E-state index contributed by atoms with van der Waals surface area (Å²) < 4.78 is 0. The van der Waals surface area contributed by atoms with Crippen LogP contribution in [0.5, 0.6) is 5.75 Å². The predicted octanol–water partition coefficient (Wildman–Crippen LogP) is 0.320. The van der Waals surface area contributed by atoms with Crippen molar-refractivity contribution in [2.24, 2.45) is 10.7 Å². The van der Waals surface area contributed by atoms with Crippen molar-refractivity contribution in [3.05, 3.63) is 116 Å². The summed E-state index contributed by atoms with van der Waals surface area (Å²) in [5.74, 6) is -5.25. The number of urea groups is 1. The number of aliphatic carboxylic acids is 3. The number of amides is 6. The zero-order valence-corrected chi connectivity index (χ0v) is 51.6. The number of aliphatic imine (C=N–C) groups is 1. The van der Waals surface area contributed by atoms with Gasteiger partial charge >= 0.3 is 23.9 Å². The van der Waals surface area contributed by atoms with E-state index in [9.17, 15) is 68.4 Å². The molecule has 6 amide bonds. The Kier molecular flexibility index (Phi) is 31.7. The lowest BCUT2D eigenvalue weighted by Gasteiger charge is -2.32. The molecule has 2 atom stereocenters. The summed E-state index contributed by atoms with van der Waals surface area (Å²) in [6.07, 6.45) is 4.32. The Balaban J connectivity index is 1.05. The van der Waals surface area contributed by atoms with Crippen molar-refractivity contribution in [1.82, 2.24) is 51.5 Å². The van der Waals surface area contributed by atoms with Crippen LogP contribution in [-0.2, 0) is 40.1 Å². The zero-order chi connectivity index (χ0) is 65.9. The van der Waals surface area contributed by atoms with Gasteiger partial charge in [0.2, 0.25) is 23.6 Å². The largest absolute Gasteiger partial charge is 0.508 e. The van der Waals surface area contributed by atoms with Crippen LogP contribution in [0.1, 0.15) is 80.9 Å². The number of hydrogen-bond acceptors (Lipinski definition) is 19. The molecular weight excluding hydrogens is 1180 g/mol. The first-order chi connectivity index (χ1) is 43.8. The quantitative estimate of drug-likeness (QED) is 0.0125. The molecule has 5 rings (SSSR count). The Morgan fingerprint density at radius 3 is 1.57 bits per heavy atom. The van der Waals surface area contributed by atoms with Gasteiger partial charge in [-0.25, -0.2) is 4.79 Å². The lowest BCUT2D eigenvalue weighted by atomic mass is 9.90. The summed E-state index contributed by atoms with van der Waals surface area (Å²) in [6.45, 7) is 5.76. The second kappa shape index (κ2) is 39.7. The highest BCUT2D eigenvalue weighted by Crippen LogP contribution is 2.27. The molecule has 4 aromatic rings. The van der Waals surface area contributed by atoms with E-state index in [0.717, 1.165) is 24.1 Å². The van der Waals surface area contributed by atoms with E-state index in [2.05, 4.69) is 52.8 Å². The van der Waals surface area contributed by atoms with Gasteiger partial charge in [0.05, 0.1) is 32.1 Å². The Hall–Kier alpha value is -9.19. The molecule has 0 aliphatic carbocycles. The van der Waals surface area contributed by atoms with Crippen LogP contribution < -0.4 is 64.4 Å². The second-order valence-electron chi connectivity index (χ2n) is 22.0. The minimum absolute atomic E-state index is 0.0209. The number of aromatic hydroxyl groups is 1. The number of guanidine groups is 1. The molecule has 4 aromatic carbocycles. The van der Waals surface area contributed by atoms with Crippen LogP contribution in [0.4, 0.5) is 21.9 Å². The second-order valence-corrected chi connectivity index (χ2v) is 22.0. The number of unbranched alkanes of at least 4 members (excludes halogenated alkanes) is 3. The molecule has 1 saturated heterocycles. The minimum atomic E-state index is -1.04. The van der Waals surface area contributed by atoms with Crippen molar-refractivity contribution in [1.29, 1.82) is 0 Å². The van der Waals surface area contributed by atoms with Crippen LogP contribution in [0, 0.1) is 0 Å². The first kappa shape index (κ1) is 72.6. The Morgan fingerprint density at radius 1 is 0.527 bits per heavy atom. The number of anilines is 3. The van der Waals surface area contributed by atoms with E-state index in [-0.39, 0.29) is 120 Å². The molecule has 1 heterocycles. The van der Waals surface area contributed by atoms with Gasteiger partial charge in [-0.3, -0.25) is 73.1 Å². The maximum atomic E-state index is 14.4. The van der Waals surface area contributed by atoms with Crippen LogP contribution >= 0.6 is 0 Å². The van der Waals surface area contributed by atoms with Gasteiger partial charge in [0.1, 0.15) is 23.2 Å². The molecule has 29 heteroatoms. The molecule has 15 N–H and O–H groups in total. The third-order valence-electron chi connectivity index (χ3n) is 14.9. The van der Waals surface area contributed by atoms with Gasteiger partial charge in [-0.2, -0.15) is 0 Å². The maximum Gasteiger partial charge on any atom is 0.321 e. The fraction of sp³-hybridized carbons (Fsp3) is 0.500. The lowest BCUT2D eigenvalue weighted by Crippen LogP contribution is -2.49. The highest BCUT2D eigenvalue weighted by atomic mass is 16.4.